The van der Waals surface area contributed by atoms with Crippen molar-refractivity contribution in [2.45, 2.75) is 18.9 Å². The van der Waals surface area contributed by atoms with E-state index in [-0.39, 0.29) is 0 Å². The van der Waals surface area contributed by atoms with E-state index in [0.717, 1.165) is 43.1 Å². The molecule has 0 bridgehead atoms. The fourth-order valence-corrected chi connectivity index (χ4v) is 5.24. The van der Waals surface area contributed by atoms with Crippen molar-refractivity contribution >= 4 is 11.3 Å². The number of methoxy groups -OCH3 is 1. The Kier molecular flexibility index (Phi) is 3.83. The van der Waals surface area contributed by atoms with E-state index in [1.54, 1.807) is 18.4 Å². The first-order valence-electron chi connectivity index (χ1n) is 9.04. The Morgan fingerprint density at radius 2 is 2.23 bits per heavy atom. The fourth-order valence-electron chi connectivity index (χ4n) is 4.58. The number of aryl methyl sites for hydroxylation is 1. The fraction of sp³-hybridized carbons (Fsp3) is 0.400. The SMILES string of the molecule is COc1cccc(-c2nn(C)c3c2[C@H]2CN(Cc4nccs4)C[C@@H]2C3)c1. The summed E-state index contributed by atoms with van der Waals surface area (Å²) in [6.45, 7) is 3.21. The summed E-state index contributed by atoms with van der Waals surface area (Å²) in [7, 11) is 3.79. The van der Waals surface area contributed by atoms with Gasteiger partial charge in [-0.2, -0.15) is 5.10 Å². The van der Waals surface area contributed by atoms with E-state index >= 15 is 0 Å². The normalized spacial score (nSPS) is 21.8. The highest BCUT2D eigenvalue weighted by molar-refractivity contribution is 7.09. The van der Waals surface area contributed by atoms with Crippen LogP contribution >= 0.6 is 11.3 Å². The summed E-state index contributed by atoms with van der Waals surface area (Å²) in [5.41, 5.74) is 5.14. The van der Waals surface area contributed by atoms with E-state index in [2.05, 4.69) is 39.1 Å². The number of aromatic nitrogens is 3. The number of ether oxygens (including phenoxy) is 1. The standard InChI is InChI=1S/C20H22N4OS/c1-23-17-9-14-10-24(12-18-21-6-7-26-18)11-16(14)19(17)20(22-23)13-4-3-5-15(8-13)25-2/h3-8,14,16H,9-12H2,1-2H3/t14-,16-/m0/s1. The third-order valence-electron chi connectivity index (χ3n) is 5.74. The molecule has 0 spiro atoms. The summed E-state index contributed by atoms with van der Waals surface area (Å²) in [6.07, 6.45) is 3.03. The molecular weight excluding hydrogens is 344 g/mol. The Hall–Kier alpha value is -2.18. The molecule has 26 heavy (non-hydrogen) atoms. The molecule has 3 aromatic rings. The number of fused-ring (bicyclic) bond motifs is 3. The van der Waals surface area contributed by atoms with Gasteiger partial charge in [0, 0.05) is 54.5 Å². The van der Waals surface area contributed by atoms with Crippen molar-refractivity contribution in [1.82, 2.24) is 19.7 Å². The summed E-state index contributed by atoms with van der Waals surface area (Å²) >= 11 is 1.75. The van der Waals surface area contributed by atoms with Gasteiger partial charge in [0.25, 0.3) is 0 Å². The predicted molar refractivity (Wildman–Crippen MR) is 103 cm³/mol. The van der Waals surface area contributed by atoms with Gasteiger partial charge in [-0.15, -0.1) is 11.3 Å². The zero-order chi connectivity index (χ0) is 17.7. The molecule has 0 saturated carbocycles. The first kappa shape index (κ1) is 16.0. The van der Waals surface area contributed by atoms with Gasteiger partial charge in [0.15, 0.2) is 0 Å². The minimum atomic E-state index is 0.569. The molecule has 6 heteroatoms. The van der Waals surface area contributed by atoms with E-state index in [9.17, 15) is 0 Å². The summed E-state index contributed by atoms with van der Waals surface area (Å²) in [5, 5.41) is 8.15. The lowest BCUT2D eigenvalue weighted by atomic mass is 9.94. The van der Waals surface area contributed by atoms with Crippen molar-refractivity contribution in [1.29, 1.82) is 0 Å². The number of nitrogens with zero attached hydrogens (tertiary/aromatic N) is 4. The van der Waals surface area contributed by atoms with Crippen molar-refractivity contribution in [3.8, 4) is 17.0 Å². The monoisotopic (exact) mass is 366 g/mol. The predicted octanol–water partition coefficient (Wildman–Crippen LogP) is 3.32. The van der Waals surface area contributed by atoms with E-state index in [4.69, 9.17) is 9.84 Å². The lowest BCUT2D eigenvalue weighted by molar-refractivity contribution is 0.313. The van der Waals surface area contributed by atoms with Crippen molar-refractivity contribution in [2.75, 3.05) is 20.2 Å². The Labute approximate surface area is 157 Å². The van der Waals surface area contributed by atoms with Crippen molar-refractivity contribution < 1.29 is 4.74 Å². The van der Waals surface area contributed by atoms with Gasteiger partial charge in [0.05, 0.1) is 19.3 Å². The molecule has 5 nitrogen and oxygen atoms in total. The molecule has 2 aromatic heterocycles. The van der Waals surface area contributed by atoms with Gasteiger partial charge in [-0.25, -0.2) is 4.98 Å². The Morgan fingerprint density at radius 1 is 1.31 bits per heavy atom. The first-order chi connectivity index (χ1) is 12.7. The zero-order valence-electron chi connectivity index (χ0n) is 15.1. The molecule has 2 aliphatic rings. The summed E-state index contributed by atoms with van der Waals surface area (Å²) in [4.78, 5) is 7.01. The molecule has 3 heterocycles. The third kappa shape index (κ3) is 2.56. The minimum absolute atomic E-state index is 0.569. The van der Waals surface area contributed by atoms with Gasteiger partial charge < -0.3 is 4.74 Å². The number of rotatable bonds is 4. The summed E-state index contributed by atoms with van der Waals surface area (Å²) in [5.74, 6) is 2.15. The molecule has 134 valence electrons. The van der Waals surface area contributed by atoms with Crippen LogP contribution in [0.5, 0.6) is 5.75 Å². The van der Waals surface area contributed by atoms with Crippen molar-refractivity contribution in [2.24, 2.45) is 13.0 Å². The van der Waals surface area contributed by atoms with Crippen LogP contribution in [0.2, 0.25) is 0 Å². The highest BCUT2D eigenvalue weighted by Gasteiger charge is 2.43. The molecule has 1 fully saturated rings. The van der Waals surface area contributed by atoms with Crippen LogP contribution in [0, 0.1) is 5.92 Å². The molecular formula is C20H22N4OS. The van der Waals surface area contributed by atoms with Crippen LogP contribution < -0.4 is 4.74 Å². The number of thiazole rings is 1. The molecule has 1 aliphatic heterocycles. The van der Waals surface area contributed by atoms with Gasteiger partial charge in [0.2, 0.25) is 0 Å². The van der Waals surface area contributed by atoms with E-state index in [0.29, 0.717) is 11.8 Å². The van der Waals surface area contributed by atoms with Crippen LogP contribution in [-0.4, -0.2) is 39.9 Å². The zero-order valence-corrected chi connectivity index (χ0v) is 15.9. The number of hydrogen-bond acceptors (Lipinski definition) is 5. The lowest BCUT2D eigenvalue weighted by Crippen LogP contribution is -2.21. The Bertz CT molecular complexity index is 933. The molecule has 0 amide bonds. The van der Waals surface area contributed by atoms with Crippen LogP contribution in [0.3, 0.4) is 0 Å². The average Bonchev–Trinajstić information content (AvgIpc) is 3.40. The Morgan fingerprint density at radius 3 is 3.04 bits per heavy atom. The van der Waals surface area contributed by atoms with E-state index in [1.165, 1.54) is 16.3 Å². The number of benzene rings is 1. The van der Waals surface area contributed by atoms with E-state index < -0.39 is 0 Å². The average molecular weight is 366 g/mol. The van der Waals surface area contributed by atoms with Gasteiger partial charge in [-0.1, -0.05) is 12.1 Å². The maximum Gasteiger partial charge on any atom is 0.119 e. The quantitative estimate of drug-likeness (QED) is 0.710. The van der Waals surface area contributed by atoms with Gasteiger partial charge in [-0.05, 0) is 24.5 Å². The van der Waals surface area contributed by atoms with Gasteiger partial charge in [-0.3, -0.25) is 9.58 Å². The molecule has 1 saturated heterocycles. The molecule has 2 atom stereocenters. The van der Waals surface area contributed by atoms with Gasteiger partial charge >= 0.3 is 0 Å². The van der Waals surface area contributed by atoms with E-state index in [1.807, 2.05) is 18.3 Å². The minimum Gasteiger partial charge on any atom is -0.497 e. The Balaban J connectivity index is 1.47. The molecule has 0 N–H and O–H groups in total. The van der Waals surface area contributed by atoms with Crippen LogP contribution in [0.25, 0.3) is 11.3 Å². The highest BCUT2D eigenvalue weighted by atomic mass is 32.1. The summed E-state index contributed by atoms with van der Waals surface area (Å²) < 4.78 is 7.51. The molecule has 0 radical (unpaired) electrons. The lowest BCUT2D eigenvalue weighted by Gasteiger charge is -2.15. The molecule has 5 rings (SSSR count). The smallest absolute Gasteiger partial charge is 0.119 e. The molecule has 1 aliphatic carbocycles. The summed E-state index contributed by atoms with van der Waals surface area (Å²) in [6, 6.07) is 8.27. The number of hydrogen-bond donors (Lipinski definition) is 0. The third-order valence-corrected chi connectivity index (χ3v) is 6.50. The van der Waals surface area contributed by atoms with Crippen molar-refractivity contribution in [3.05, 3.63) is 52.1 Å². The van der Waals surface area contributed by atoms with Crippen molar-refractivity contribution in [3.63, 3.8) is 0 Å². The van der Waals surface area contributed by atoms with Gasteiger partial charge in [0.1, 0.15) is 10.8 Å². The number of likely N-dealkylation sites (tertiary alicyclic amines) is 1. The molecule has 1 aromatic carbocycles. The largest absolute Gasteiger partial charge is 0.497 e. The highest BCUT2D eigenvalue weighted by Crippen LogP contribution is 2.47. The van der Waals surface area contributed by atoms with Crippen LogP contribution in [0.15, 0.2) is 35.8 Å². The maximum absolute atomic E-state index is 5.42. The molecule has 0 unspecified atom stereocenters. The van der Waals surface area contributed by atoms with Crippen LogP contribution in [0.4, 0.5) is 0 Å². The second-order valence-electron chi connectivity index (χ2n) is 7.26. The second-order valence-corrected chi connectivity index (χ2v) is 8.23. The second kappa shape index (κ2) is 6.21. The van der Waals surface area contributed by atoms with Crippen LogP contribution in [0.1, 0.15) is 22.2 Å². The first-order valence-corrected chi connectivity index (χ1v) is 9.92. The maximum atomic E-state index is 5.42. The van der Waals surface area contributed by atoms with Crippen LogP contribution in [-0.2, 0) is 20.0 Å². The topological polar surface area (TPSA) is 43.2 Å².